The number of hydrogen-bond donors (Lipinski definition) is 3. The maximum absolute atomic E-state index is 11.1. The van der Waals surface area contributed by atoms with Gasteiger partial charge in [-0.25, -0.2) is 4.79 Å². The highest BCUT2D eigenvalue weighted by atomic mass is 35.5. The van der Waals surface area contributed by atoms with Gasteiger partial charge in [0.05, 0.1) is 16.6 Å². The van der Waals surface area contributed by atoms with E-state index in [1.807, 2.05) is 26.0 Å². The fourth-order valence-corrected chi connectivity index (χ4v) is 2.32. The molecule has 3 N–H and O–H groups in total. The van der Waals surface area contributed by atoms with Crippen LogP contribution in [-0.4, -0.2) is 16.2 Å². The minimum absolute atomic E-state index is 0.0435. The van der Waals surface area contributed by atoms with Crippen LogP contribution >= 0.6 is 11.6 Å². The van der Waals surface area contributed by atoms with Crippen LogP contribution in [0.4, 0.5) is 5.69 Å². The second kappa shape index (κ2) is 6.06. The molecule has 2 aromatic rings. The van der Waals surface area contributed by atoms with E-state index in [1.165, 1.54) is 12.1 Å². The summed E-state index contributed by atoms with van der Waals surface area (Å²) < 4.78 is 0. The number of carbonyl (C=O) groups is 1. The van der Waals surface area contributed by atoms with E-state index in [0.29, 0.717) is 5.69 Å². The van der Waals surface area contributed by atoms with Crippen molar-refractivity contribution in [1.29, 1.82) is 0 Å². The maximum atomic E-state index is 11.1. The van der Waals surface area contributed by atoms with Gasteiger partial charge in [0.2, 0.25) is 0 Å². The summed E-state index contributed by atoms with van der Waals surface area (Å²) in [4.78, 5) is 11.1. The monoisotopic (exact) mass is 305 g/mol. The highest BCUT2D eigenvalue weighted by Crippen LogP contribution is 2.29. The Morgan fingerprint density at radius 3 is 2.57 bits per heavy atom. The first-order valence-corrected chi connectivity index (χ1v) is 6.85. The number of benzene rings is 2. The molecule has 110 valence electrons. The fourth-order valence-electron chi connectivity index (χ4n) is 2.13. The van der Waals surface area contributed by atoms with E-state index >= 15 is 0 Å². The molecule has 1 unspecified atom stereocenters. The van der Waals surface area contributed by atoms with E-state index in [0.717, 1.165) is 11.1 Å². The molecule has 0 aliphatic carbocycles. The molecule has 21 heavy (non-hydrogen) atoms. The lowest BCUT2D eigenvalue weighted by atomic mass is 10.0. The van der Waals surface area contributed by atoms with E-state index in [2.05, 4.69) is 5.32 Å². The van der Waals surface area contributed by atoms with Crippen LogP contribution in [0.25, 0.3) is 0 Å². The minimum atomic E-state index is -1.07. The van der Waals surface area contributed by atoms with Gasteiger partial charge in [0.1, 0.15) is 5.75 Å². The van der Waals surface area contributed by atoms with E-state index < -0.39 is 5.97 Å². The van der Waals surface area contributed by atoms with Crippen LogP contribution in [0, 0.1) is 6.92 Å². The van der Waals surface area contributed by atoms with Gasteiger partial charge in [-0.2, -0.15) is 0 Å². The molecule has 0 amide bonds. The summed E-state index contributed by atoms with van der Waals surface area (Å²) in [5, 5.41) is 22.4. The number of rotatable bonds is 4. The number of phenols is 1. The number of phenolic OH excluding ortho intramolecular Hbond substituents is 1. The Hall–Kier alpha value is -2.20. The molecule has 0 radical (unpaired) electrons. The molecule has 0 bridgehead atoms. The van der Waals surface area contributed by atoms with Crippen LogP contribution in [-0.2, 0) is 0 Å². The van der Waals surface area contributed by atoms with Crippen LogP contribution < -0.4 is 5.32 Å². The third kappa shape index (κ3) is 3.47. The summed E-state index contributed by atoms with van der Waals surface area (Å²) >= 11 is 5.84. The maximum Gasteiger partial charge on any atom is 0.337 e. The zero-order chi connectivity index (χ0) is 15.6. The molecule has 0 aliphatic heterocycles. The minimum Gasteiger partial charge on any atom is -0.508 e. The third-order valence-electron chi connectivity index (χ3n) is 3.23. The predicted molar refractivity (Wildman–Crippen MR) is 83.3 cm³/mol. The number of anilines is 1. The molecule has 0 saturated carbocycles. The van der Waals surface area contributed by atoms with E-state index in [9.17, 15) is 9.90 Å². The summed E-state index contributed by atoms with van der Waals surface area (Å²) in [6, 6.07) is 10.00. The second-order valence-corrected chi connectivity index (χ2v) is 5.34. The molecule has 2 rings (SSSR count). The smallest absolute Gasteiger partial charge is 0.337 e. The lowest BCUT2D eigenvalue weighted by Crippen LogP contribution is -2.08. The van der Waals surface area contributed by atoms with Gasteiger partial charge in [-0.1, -0.05) is 23.7 Å². The molecule has 0 aliphatic rings. The standard InChI is InChI=1S/C16H16ClNO3/c1-9-3-5-12(15(19)7-9)10(2)18-11-4-6-14(17)13(8-11)16(20)21/h3-8,10,18-19H,1-2H3,(H,20,21). The van der Waals surface area contributed by atoms with Crippen LogP contribution in [0.2, 0.25) is 5.02 Å². The van der Waals surface area contributed by atoms with Crippen molar-refractivity contribution in [2.45, 2.75) is 19.9 Å². The molecular weight excluding hydrogens is 290 g/mol. The van der Waals surface area contributed by atoms with Gasteiger partial charge >= 0.3 is 5.97 Å². The van der Waals surface area contributed by atoms with Crippen molar-refractivity contribution < 1.29 is 15.0 Å². The Morgan fingerprint density at radius 2 is 1.95 bits per heavy atom. The van der Waals surface area contributed by atoms with Crippen molar-refractivity contribution in [2.75, 3.05) is 5.32 Å². The topological polar surface area (TPSA) is 69.6 Å². The SMILES string of the molecule is Cc1ccc(C(C)Nc2ccc(Cl)c(C(=O)O)c2)c(O)c1. The molecule has 2 aromatic carbocycles. The van der Waals surface area contributed by atoms with Crippen molar-refractivity contribution in [1.82, 2.24) is 0 Å². The largest absolute Gasteiger partial charge is 0.508 e. The lowest BCUT2D eigenvalue weighted by molar-refractivity contribution is 0.0697. The Labute approximate surface area is 128 Å². The molecular formula is C16H16ClNO3. The van der Waals surface area contributed by atoms with E-state index in [1.54, 1.807) is 12.1 Å². The van der Waals surface area contributed by atoms with E-state index in [4.69, 9.17) is 16.7 Å². The Balaban J connectivity index is 2.25. The highest BCUT2D eigenvalue weighted by molar-refractivity contribution is 6.33. The van der Waals surface area contributed by atoms with Gasteiger partial charge in [0.15, 0.2) is 0 Å². The van der Waals surface area contributed by atoms with Gasteiger partial charge in [-0.15, -0.1) is 0 Å². The molecule has 4 nitrogen and oxygen atoms in total. The Kier molecular flexibility index (Phi) is 4.38. The number of halogens is 1. The van der Waals surface area contributed by atoms with Crippen LogP contribution in [0.1, 0.15) is 34.5 Å². The lowest BCUT2D eigenvalue weighted by Gasteiger charge is -2.18. The van der Waals surface area contributed by atoms with Gasteiger partial charge in [-0.3, -0.25) is 0 Å². The number of aromatic carboxylic acids is 1. The quantitative estimate of drug-likeness (QED) is 0.791. The van der Waals surface area contributed by atoms with Crippen molar-refractivity contribution >= 4 is 23.3 Å². The average molecular weight is 306 g/mol. The third-order valence-corrected chi connectivity index (χ3v) is 3.56. The highest BCUT2D eigenvalue weighted by Gasteiger charge is 2.13. The Morgan fingerprint density at radius 1 is 1.24 bits per heavy atom. The molecule has 1 atom stereocenters. The van der Waals surface area contributed by atoms with Gasteiger partial charge in [0.25, 0.3) is 0 Å². The second-order valence-electron chi connectivity index (χ2n) is 4.93. The van der Waals surface area contributed by atoms with Crippen molar-refractivity contribution in [3.63, 3.8) is 0 Å². The molecule has 0 aromatic heterocycles. The number of nitrogens with one attached hydrogen (secondary N) is 1. The van der Waals surface area contributed by atoms with Gasteiger partial charge < -0.3 is 15.5 Å². The summed E-state index contributed by atoms with van der Waals surface area (Å²) in [7, 11) is 0. The zero-order valence-corrected chi connectivity index (χ0v) is 12.5. The van der Waals surface area contributed by atoms with Gasteiger partial charge in [-0.05, 0) is 43.7 Å². The van der Waals surface area contributed by atoms with Crippen molar-refractivity contribution in [3.8, 4) is 5.75 Å². The number of carboxylic acid groups (broad SMARTS) is 1. The van der Waals surface area contributed by atoms with Crippen LogP contribution in [0.3, 0.4) is 0 Å². The first-order valence-electron chi connectivity index (χ1n) is 6.47. The number of aryl methyl sites for hydroxylation is 1. The molecule has 5 heteroatoms. The normalized spacial score (nSPS) is 12.0. The summed E-state index contributed by atoms with van der Waals surface area (Å²) in [6.45, 7) is 3.79. The molecule has 0 fully saturated rings. The van der Waals surface area contributed by atoms with Gasteiger partial charge in [0, 0.05) is 11.3 Å². The summed E-state index contributed by atoms with van der Waals surface area (Å²) in [6.07, 6.45) is 0. The van der Waals surface area contributed by atoms with Crippen molar-refractivity contribution in [2.24, 2.45) is 0 Å². The van der Waals surface area contributed by atoms with E-state index in [-0.39, 0.29) is 22.4 Å². The molecule has 0 saturated heterocycles. The number of aromatic hydroxyl groups is 1. The predicted octanol–water partition coefficient (Wildman–Crippen LogP) is 4.23. The molecule has 0 spiro atoms. The fraction of sp³-hybridized carbons (Fsp3) is 0.188. The number of carboxylic acids is 1. The molecule has 0 heterocycles. The average Bonchev–Trinajstić information content (AvgIpc) is 2.40. The first-order chi connectivity index (χ1) is 9.88. The number of hydrogen-bond acceptors (Lipinski definition) is 3. The van der Waals surface area contributed by atoms with Crippen molar-refractivity contribution in [3.05, 3.63) is 58.1 Å². The summed E-state index contributed by atoms with van der Waals surface area (Å²) in [5.74, 6) is -0.864. The zero-order valence-electron chi connectivity index (χ0n) is 11.7. The first kappa shape index (κ1) is 15.2. The van der Waals surface area contributed by atoms with Crippen LogP contribution in [0.15, 0.2) is 36.4 Å². The Bertz CT molecular complexity index is 685. The van der Waals surface area contributed by atoms with Crippen LogP contribution in [0.5, 0.6) is 5.75 Å². The summed E-state index contributed by atoms with van der Waals surface area (Å²) in [5.41, 5.74) is 2.39.